The van der Waals surface area contributed by atoms with Gasteiger partial charge in [0.15, 0.2) is 5.82 Å². The Balaban J connectivity index is 1.60. The Morgan fingerprint density at radius 1 is 1.09 bits per heavy atom. The van der Waals surface area contributed by atoms with Crippen LogP contribution in [0.4, 0.5) is 20.4 Å². The molecule has 1 aromatic heterocycles. The van der Waals surface area contributed by atoms with Crippen molar-refractivity contribution in [3.8, 4) is 17.1 Å². The lowest BCUT2D eigenvalue weighted by Crippen LogP contribution is -2.13. The van der Waals surface area contributed by atoms with E-state index in [0.717, 1.165) is 0 Å². The van der Waals surface area contributed by atoms with E-state index in [9.17, 15) is 13.0 Å². The highest BCUT2D eigenvalue weighted by atomic mass is 35.5. The monoisotopic (exact) mass is 515 g/mol. The van der Waals surface area contributed by atoms with Crippen molar-refractivity contribution in [2.24, 2.45) is 5.14 Å². The molecule has 0 saturated carbocycles. The van der Waals surface area contributed by atoms with E-state index < -0.39 is 21.3 Å². The van der Waals surface area contributed by atoms with Crippen LogP contribution < -0.4 is 15.2 Å². The molecule has 1 heterocycles. The molecular weight excluding hydrogens is 496 g/mol. The van der Waals surface area contributed by atoms with E-state index in [0.29, 0.717) is 22.4 Å². The molecule has 4 aromatic rings. The summed E-state index contributed by atoms with van der Waals surface area (Å²) >= 11 is 5.90. The van der Waals surface area contributed by atoms with Crippen LogP contribution in [0.25, 0.3) is 11.4 Å². The molecular formula is C24H20ClF2N5O2S. The second-order valence-corrected chi connectivity index (χ2v) is 10.3. The fourth-order valence-corrected chi connectivity index (χ4v) is 4.16. The summed E-state index contributed by atoms with van der Waals surface area (Å²) in [4.78, 5) is 12.7. The van der Waals surface area contributed by atoms with Crippen LogP contribution >= 0.6 is 11.6 Å². The second kappa shape index (κ2) is 10.3. The first-order chi connectivity index (χ1) is 16.6. The molecule has 0 aliphatic heterocycles. The number of hydrogen-bond donors (Lipinski definition) is 2. The van der Waals surface area contributed by atoms with E-state index in [-0.39, 0.29) is 29.2 Å². The van der Waals surface area contributed by atoms with Gasteiger partial charge in [-0.3, -0.25) is 9.35 Å². The van der Waals surface area contributed by atoms with E-state index >= 15 is 0 Å². The average Bonchev–Trinajstić information content (AvgIpc) is 2.76. The Bertz CT molecular complexity index is 1480. The number of aromatic nitrogens is 3. The predicted molar refractivity (Wildman–Crippen MR) is 134 cm³/mol. The van der Waals surface area contributed by atoms with E-state index in [1.807, 2.05) is 0 Å². The Morgan fingerprint density at radius 2 is 1.91 bits per heavy atom. The van der Waals surface area contributed by atoms with E-state index in [2.05, 4.69) is 20.3 Å². The normalized spacial score (nSPS) is 12.6. The third-order valence-electron chi connectivity index (χ3n) is 4.59. The molecule has 0 radical (unpaired) electrons. The molecule has 7 nitrogen and oxygen atoms in total. The molecule has 180 valence electrons. The summed E-state index contributed by atoms with van der Waals surface area (Å²) in [7, 11) is -2.56. The van der Waals surface area contributed by atoms with Gasteiger partial charge >= 0.3 is 0 Å². The first kappa shape index (κ1) is 24.5. The highest BCUT2D eigenvalue weighted by molar-refractivity contribution is 7.98. The molecule has 0 spiro atoms. The minimum Gasteiger partial charge on any atom is -0.488 e. The van der Waals surface area contributed by atoms with Gasteiger partial charge in [0.1, 0.15) is 30.3 Å². The van der Waals surface area contributed by atoms with Crippen molar-refractivity contribution in [2.75, 3.05) is 11.6 Å². The highest BCUT2D eigenvalue weighted by Gasteiger charge is 2.13. The maximum atomic E-state index is 14.0. The molecule has 3 aromatic carbocycles. The van der Waals surface area contributed by atoms with Crippen LogP contribution in [0.15, 0.2) is 67.0 Å². The van der Waals surface area contributed by atoms with Crippen LogP contribution in [-0.4, -0.2) is 30.8 Å². The van der Waals surface area contributed by atoms with Gasteiger partial charge in [-0.15, -0.1) is 0 Å². The summed E-state index contributed by atoms with van der Waals surface area (Å²) < 4.78 is 45.2. The minimum absolute atomic E-state index is 0.0464. The van der Waals surface area contributed by atoms with Crippen LogP contribution in [0.1, 0.15) is 11.1 Å². The lowest BCUT2D eigenvalue weighted by Gasteiger charge is -2.12. The van der Waals surface area contributed by atoms with Gasteiger partial charge < -0.3 is 10.1 Å². The Morgan fingerprint density at radius 3 is 2.69 bits per heavy atom. The van der Waals surface area contributed by atoms with E-state index in [1.165, 1.54) is 48.3 Å². The molecule has 35 heavy (non-hydrogen) atoms. The Hall–Kier alpha value is -3.60. The van der Waals surface area contributed by atoms with E-state index in [1.54, 1.807) is 30.3 Å². The molecule has 1 atom stereocenters. The molecule has 0 amide bonds. The maximum Gasteiger partial charge on any atom is 0.230 e. The molecule has 0 saturated heterocycles. The minimum atomic E-state index is -2.56. The van der Waals surface area contributed by atoms with Crippen LogP contribution in [-0.2, 0) is 16.3 Å². The van der Waals surface area contributed by atoms with Gasteiger partial charge in [-0.2, -0.15) is 4.98 Å². The van der Waals surface area contributed by atoms with Crippen molar-refractivity contribution in [3.05, 3.63) is 94.8 Å². The summed E-state index contributed by atoms with van der Waals surface area (Å²) in [5.74, 6) is -0.396. The Kier molecular flexibility index (Phi) is 7.25. The summed E-state index contributed by atoms with van der Waals surface area (Å²) in [5, 5.41) is 10.4. The lowest BCUT2D eigenvalue weighted by atomic mass is 10.1. The molecule has 1 unspecified atom stereocenters. The number of rotatable bonds is 7. The van der Waals surface area contributed by atoms with Gasteiger partial charge in [0.05, 0.1) is 5.56 Å². The smallest absolute Gasteiger partial charge is 0.230 e. The number of halogens is 3. The lowest BCUT2D eigenvalue weighted by molar-refractivity contribution is 0.305. The summed E-state index contributed by atoms with van der Waals surface area (Å²) in [6.07, 6.45) is 2.75. The largest absolute Gasteiger partial charge is 0.488 e. The topological polar surface area (TPSA) is 103 Å². The third kappa shape index (κ3) is 6.95. The number of ether oxygens (including phenoxy) is 1. The van der Waals surface area contributed by atoms with Gasteiger partial charge in [-0.05, 0) is 53.6 Å². The molecule has 0 aliphatic rings. The van der Waals surface area contributed by atoms with Crippen LogP contribution in [0, 0.1) is 11.6 Å². The van der Waals surface area contributed by atoms with Crippen molar-refractivity contribution >= 4 is 38.3 Å². The fourth-order valence-electron chi connectivity index (χ4n) is 3.23. The highest BCUT2D eigenvalue weighted by Crippen LogP contribution is 2.30. The summed E-state index contributed by atoms with van der Waals surface area (Å²) in [5.41, 5.74) is 2.20. The van der Waals surface area contributed by atoms with E-state index in [4.69, 9.17) is 21.5 Å². The van der Waals surface area contributed by atoms with Crippen LogP contribution in [0.3, 0.4) is 0 Å². The number of benzene rings is 3. The molecule has 0 fully saturated rings. The van der Waals surface area contributed by atoms with Gasteiger partial charge in [0.25, 0.3) is 0 Å². The quantitative estimate of drug-likeness (QED) is 0.345. The van der Waals surface area contributed by atoms with Crippen molar-refractivity contribution in [1.29, 1.82) is 0 Å². The molecule has 4 rings (SSSR count). The maximum absolute atomic E-state index is 14.0. The van der Waals surface area contributed by atoms with Crippen LogP contribution in [0.5, 0.6) is 5.75 Å². The van der Waals surface area contributed by atoms with Gasteiger partial charge in [-0.25, -0.2) is 18.7 Å². The summed E-state index contributed by atoms with van der Waals surface area (Å²) in [6, 6.07) is 15.0. The first-order valence-corrected chi connectivity index (χ1v) is 12.7. The van der Waals surface area contributed by atoms with Gasteiger partial charge in [0, 0.05) is 38.1 Å². The molecule has 0 aliphatic carbocycles. The molecule has 3 N–H and O–H groups in total. The number of nitrogens with two attached hydrogens (primary N) is 1. The predicted octanol–water partition coefficient (Wildman–Crippen LogP) is 4.73. The fraction of sp³-hybridized carbons (Fsp3) is 0.0833. The number of anilines is 2. The van der Waals surface area contributed by atoms with Crippen molar-refractivity contribution < 1.29 is 17.7 Å². The van der Waals surface area contributed by atoms with Crippen molar-refractivity contribution in [3.63, 3.8) is 0 Å². The van der Waals surface area contributed by atoms with Gasteiger partial charge in [-0.1, -0.05) is 23.7 Å². The second-order valence-electron chi connectivity index (χ2n) is 7.67. The van der Waals surface area contributed by atoms with Gasteiger partial charge in [0.2, 0.25) is 5.95 Å². The SMILES string of the molecule is CS(N)(=O)=Cc1cccc(Nc2ncnc(-c3ccc(F)cc3OCc3cc(F)cc(Cl)c3)n2)c1. The van der Waals surface area contributed by atoms with Crippen molar-refractivity contribution in [2.45, 2.75) is 6.61 Å². The molecule has 11 heteroatoms. The Labute approximate surface area is 206 Å². The van der Waals surface area contributed by atoms with Crippen molar-refractivity contribution in [1.82, 2.24) is 15.0 Å². The van der Waals surface area contributed by atoms with Crippen LogP contribution in [0.2, 0.25) is 5.02 Å². The zero-order valence-corrected chi connectivity index (χ0v) is 20.0. The third-order valence-corrected chi connectivity index (χ3v) is 5.54. The number of nitrogens with zero attached hydrogens (tertiary/aromatic N) is 3. The zero-order valence-electron chi connectivity index (χ0n) is 18.4. The zero-order chi connectivity index (χ0) is 25.0. The number of hydrogen-bond acceptors (Lipinski definition) is 6. The summed E-state index contributed by atoms with van der Waals surface area (Å²) in [6.45, 7) is -0.0464. The average molecular weight is 516 g/mol. The number of nitrogens with one attached hydrogen (secondary N) is 1. The molecule has 0 bridgehead atoms. The first-order valence-electron chi connectivity index (χ1n) is 10.2. The standard InChI is InChI=1S/C24H20ClF2N5O2S/c1-35(28,33)13-15-3-2-4-20(9-15)31-24-30-14-29-23(32-24)21-6-5-18(26)11-22(21)34-12-16-7-17(25)10-19(27)8-16/h2-11,13-14H,12H2,1H3,(H2,28,33)(H,29,30,31,32).